The van der Waals surface area contributed by atoms with Gasteiger partial charge in [0.1, 0.15) is 0 Å². The maximum absolute atomic E-state index is 5.26. The van der Waals surface area contributed by atoms with Gasteiger partial charge in [0.2, 0.25) is 0 Å². The molecule has 21 heavy (non-hydrogen) atoms. The lowest BCUT2D eigenvalue weighted by atomic mass is 10.2. The zero-order valence-electron chi connectivity index (χ0n) is 13.1. The van der Waals surface area contributed by atoms with Crippen molar-refractivity contribution in [3.05, 3.63) is 40.4 Å². The first kappa shape index (κ1) is 15.9. The van der Waals surface area contributed by atoms with Crippen molar-refractivity contribution < 1.29 is 4.74 Å². The van der Waals surface area contributed by atoms with Gasteiger partial charge in [-0.2, -0.15) is 0 Å². The number of anilines is 2. The van der Waals surface area contributed by atoms with Crippen LogP contribution in [0.2, 0.25) is 0 Å². The average Bonchev–Trinajstić information content (AvgIpc) is 2.86. The third-order valence-electron chi connectivity index (χ3n) is 3.28. The molecule has 5 heteroatoms. The Morgan fingerprint density at radius 2 is 2.00 bits per heavy atom. The van der Waals surface area contributed by atoms with E-state index in [2.05, 4.69) is 48.3 Å². The molecule has 0 fully saturated rings. The van der Waals surface area contributed by atoms with Gasteiger partial charge in [-0.25, -0.2) is 4.98 Å². The van der Waals surface area contributed by atoms with E-state index in [1.54, 1.807) is 18.4 Å². The Morgan fingerprint density at radius 1 is 1.29 bits per heavy atom. The van der Waals surface area contributed by atoms with Gasteiger partial charge < -0.3 is 15.0 Å². The fourth-order valence-corrected chi connectivity index (χ4v) is 3.35. The summed E-state index contributed by atoms with van der Waals surface area (Å²) in [4.78, 5) is 8.24. The van der Waals surface area contributed by atoms with Crippen molar-refractivity contribution in [1.82, 2.24) is 10.3 Å². The second kappa shape index (κ2) is 7.54. The minimum Gasteiger partial charge on any atom is -0.378 e. The second-order valence-corrected chi connectivity index (χ2v) is 5.97. The molecule has 0 amide bonds. The van der Waals surface area contributed by atoms with E-state index in [9.17, 15) is 0 Å². The summed E-state index contributed by atoms with van der Waals surface area (Å²) < 4.78 is 5.26. The van der Waals surface area contributed by atoms with E-state index in [-0.39, 0.29) is 0 Å². The van der Waals surface area contributed by atoms with Crippen molar-refractivity contribution in [2.75, 3.05) is 25.6 Å². The summed E-state index contributed by atoms with van der Waals surface area (Å²) >= 11 is 1.73. The van der Waals surface area contributed by atoms with E-state index in [4.69, 9.17) is 9.72 Å². The second-order valence-electron chi connectivity index (χ2n) is 4.91. The maximum atomic E-state index is 5.26. The van der Waals surface area contributed by atoms with Gasteiger partial charge in [0, 0.05) is 30.8 Å². The van der Waals surface area contributed by atoms with Crippen LogP contribution in [0.15, 0.2) is 24.3 Å². The number of nitrogens with one attached hydrogen (secondary N) is 1. The number of nitrogens with zero attached hydrogens (tertiary/aromatic N) is 2. The van der Waals surface area contributed by atoms with Crippen molar-refractivity contribution >= 4 is 22.2 Å². The molecule has 0 saturated heterocycles. The standard InChI is InChI=1S/C16H23N3OS/c1-5-19(13-8-6-12(2)7-9-13)16-18-14(11-20-4)15(21-16)10-17-3/h6-9,17H,5,10-11H2,1-4H3. The minimum atomic E-state index is 0.555. The Labute approximate surface area is 130 Å². The molecule has 0 aliphatic heterocycles. The summed E-state index contributed by atoms with van der Waals surface area (Å²) in [5.41, 5.74) is 3.47. The van der Waals surface area contributed by atoms with E-state index >= 15 is 0 Å². The van der Waals surface area contributed by atoms with Gasteiger partial charge in [-0.1, -0.05) is 29.0 Å². The highest BCUT2D eigenvalue weighted by molar-refractivity contribution is 7.15. The maximum Gasteiger partial charge on any atom is 0.190 e. The molecule has 0 spiro atoms. The third-order valence-corrected chi connectivity index (χ3v) is 4.40. The molecule has 0 unspecified atom stereocenters. The molecule has 1 aromatic carbocycles. The number of benzene rings is 1. The molecule has 0 aliphatic rings. The highest BCUT2D eigenvalue weighted by Crippen LogP contribution is 2.32. The number of rotatable bonds is 7. The Kier molecular flexibility index (Phi) is 5.73. The van der Waals surface area contributed by atoms with Crippen molar-refractivity contribution in [1.29, 1.82) is 0 Å². The number of hydrogen-bond acceptors (Lipinski definition) is 5. The predicted molar refractivity (Wildman–Crippen MR) is 89.4 cm³/mol. The van der Waals surface area contributed by atoms with Crippen LogP contribution in [0.1, 0.15) is 23.1 Å². The molecular formula is C16H23N3OS. The fraction of sp³-hybridized carbons (Fsp3) is 0.438. The molecule has 2 rings (SSSR count). The highest BCUT2D eigenvalue weighted by Gasteiger charge is 2.16. The van der Waals surface area contributed by atoms with Crippen LogP contribution < -0.4 is 10.2 Å². The van der Waals surface area contributed by atoms with E-state index in [0.717, 1.165) is 23.9 Å². The van der Waals surface area contributed by atoms with Crippen LogP contribution in [-0.2, 0) is 17.9 Å². The molecule has 1 heterocycles. The number of methoxy groups -OCH3 is 1. The highest BCUT2D eigenvalue weighted by atomic mass is 32.1. The van der Waals surface area contributed by atoms with Crippen molar-refractivity contribution in [2.45, 2.75) is 27.0 Å². The van der Waals surface area contributed by atoms with Crippen LogP contribution in [-0.4, -0.2) is 25.7 Å². The Bertz CT molecular complexity index is 542. The first-order valence-electron chi connectivity index (χ1n) is 7.15. The van der Waals surface area contributed by atoms with Crippen LogP contribution in [0.5, 0.6) is 0 Å². The van der Waals surface area contributed by atoms with Crippen LogP contribution >= 0.6 is 11.3 Å². The van der Waals surface area contributed by atoms with Gasteiger partial charge in [-0.3, -0.25) is 0 Å². The van der Waals surface area contributed by atoms with Crippen LogP contribution in [0.4, 0.5) is 10.8 Å². The monoisotopic (exact) mass is 305 g/mol. The van der Waals surface area contributed by atoms with Crippen molar-refractivity contribution in [2.24, 2.45) is 0 Å². The van der Waals surface area contributed by atoms with Gasteiger partial charge >= 0.3 is 0 Å². The van der Waals surface area contributed by atoms with Crippen molar-refractivity contribution in [3.63, 3.8) is 0 Å². The molecular weight excluding hydrogens is 282 g/mol. The first-order valence-corrected chi connectivity index (χ1v) is 7.97. The number of aryl methyl sites for hydroxylation is 1. The number of ether oxygens (including phenoxy) is 1. The van der Waals surface area contributed by atoms with E-state index in [1.807, 2.05) is 7.05 Å². The molecule has 0 atom stereocenters. The molecule has 114 valence electrons. The molecule has 0 radical (unpaired) electrons. The average molecular weight is 305 g/mol. The summed E-state index contributed by atoms with van der Waals surface area (Å²) in [5, 5.41) is 4.22. The lowest BCUT2D eigenvalue weighted by Crippen LogP contribution is -2.15. The number of aromatic nitrogens is 1. The van der Waals surface area contributed by atoms with Gasteiger partial charge in [0.05, 0.1) is 12.3 Å². The molecule has 0 aliphatic carbocycles. The fourth-order valence-electron chi connectivity index (χ4n) is 2.19. The van der Waals surface area contributed by atoms with Crippen LogP contribution in [0.25, 0.3) is 0 Å². The normalized spacial score (nSPS) is 10.9. The summed E-state index contributed by atoms with van der Waals surface area (Å²) in [6, 6.07) is 8.56. The lowest BCUT2D eigenvalue weighted by molar-refractivity contribution is 0.181. The molecule has 4 nitrogen and oxygen atoms in total. The van der Waals surface area contributed by atoms with E-state index < -0.39 is 0 Å². The quantitative estimate of drug-likeness (QED) is 0.850. The summed E-state index contributed by atoms with van der Waals surface area (Å²) in [5.74, 6) is 0. The lowest BCUT2D eigenvalue weighted by Gasteiger charge is -2.20. The summed E-state index contributed by atoms with van der Waals surface area (Å²) in [6.45, 7) is 6.52. The molecule has 0 saturated carbocycles. The number of thiazole rings is 1. The van der Waals surface area contributed by atoms with Gasteiger partial charge in [-0.05, 0) is 33.0 Å². The van der Waals surface area contributed by atoms with E-state index in [1.165, 1.54) is 16.1 Å². The zero-order chi connectivity index (χ0) is 15.2. The Morgan fingerprint density at radius 3 is 2.57 bits per heavy atom. The zero-order valence-corrected chi connectivity index (χ0v) is 14.0. The topological polar surface area (TPSA) is 37.4 Å². The largest absolute Gasteiger partial charge is 0.378 e. The van der Waals surface area contributed by atoms with Gasteiger partial charge in [0.15, 0.2) is 5.13 Å². The van der Waals surface area contributed by atoms with Gasteiger partial charge in [-0.15, -0.1) is 0 Å². The Balaban J connectivity index is 2.33. The van der Waals surface area contributed by atoms with Crippen LogP contribution in [0.3, 0.4) is 0 Å². The molecule has 2 aromatic rings. The molecule has 1 aromatic heterocycles. The predicted octanol–water partition coefficient (Wildman–Crippen LogP) is 3.48. The number of hydrogen-bond donors (Lipinski definition) is 1. The van der Waals surface area contributed by atoms with Gasteiger partial charge in [0.25, 0.3) is 0 Å². The van der Waals surface area contributed by atoms with E-state index in [0.29, 0.717) is 6.61 Å². The Hall–Kier alpha value is -1.43. The smallest absolute Gasteiger partial charge is 0.190 e. The summed E-state index contributed by atoms with van der Waals surface area (Å²) in [6.07, 6.45) is 0. The molecule has 1 N–H and O–H groups in total. The van der Waals surface area contributed by atoms with Crippen LogP contribution in [0, 0.1) is 6.92 Å². The first-order chi connectivity index (χ1) is 10.2. The third kappa shape index (κ3) is 3.81. The molecule has 0 bridgehead atoms. The summed E-state index contributed by atoms with van der Waals surface area (Å²) in [7, 11) is 3.66. The SMILES string of the molecule is CCN(c1ccc(C)cc1)c1nc(COC)c(CNC)s1. The van der Waals surface area contributed by atoms with Crippen molar-refractivity contribution in [3.8, 4) is 0 Å². The minimum absolute atomic E-state index is 0.555.